The SMILES string of the molecule is CC.O=C(N1C=NCN1)n1cncn1. The first-order valence-electron chi connectivity index (χ1n) is 4.29. The van der Waals surface area contributed by atoms with Gasteiger partial charge < -0.3 is 0 Å². The van der Waals surface area contributed by atoms with E-state index in [0.717, 1.165) is 4.68 Å². The number of carbonyl (C=O) groups excluding carboxylic acids is 1. The average Bonchev–Trinajstić information content (AvgIpc) is 2.93. The van der Waals surface area contributed by atoms with E-state index in [2.05, 4.69) is 20.5 Å². The highest BCUT2D eigenvalue weighted by atomic mass is 16.2. The first-order chi connectivity index (χ1) is 6.88. The first-order valence-corrected chi connectivity index (χ1v) is 4.29. The summed E-state index contributed by atoms with van der Waals surface area (Å²) in [6.07, 6.45) is 4.03. The Labute approximate surface area is 81.4 Å². The summed E-state index contributed by atoms with van der Waals surface area (Å²) in [6, 6.07) is -0.325. The Morgan fingerprint density at radius 3 is 2.79 bits per heavy atom. The van der Waals surface area contributed by atoms with Crippen LogP contribution in [-0.2, 0) is 0 Å². The number of aliphatic imine (C=N–C) groups is 1. The summed E-state index contributed by atoms with van der Waals surface area (Å²) < 4.78 is 1.12. The van der Waals surface area contributed by atoms with Gasteiger partial charge in [-0.25, -0.2) is 20.2 Å². The highest BCUT2D eigenvalue weighted by molar-refractivity contribution is 5.87. The summed E-state index contributed by atoms with van der Waals surface area (Å²) in [5.74, 6) is 0. The minimum Gasteiger partial charge on any atom is -0.257 e. The Kier molecular flexibility index (Phi) is 3.74. The maximum absolute atomic E-state index is 11.3. The summed E-state index contributed by atoms with van der Waals surface area (Å²) in [5.41, 5.74) is 2.72. The molecule has 1 amide bonds. The summed E-state index contributed by atoms with van der Waals surface area (Å²) in [6.45, 7) is 4.42. The lowest BCUT2D eigenvalue weighted by atomic mass is 10.9. The van der Waals surface area contributed by atoms with Gasteiger partial charge in [-0.05, 0) is 0 Å². The fourth-order valence-electron chi connectivity index (χ4n) is 0.815. The van der Waals surface area contributed by atoms with E-state index in [1.54, 1.807) is 0 Å². The fraction of sp³-hybridized carbons (Fsp3) is 0.429. The van der Waals surface area contributed by atoms with Crippen LogP contribution in [0.3, 0.4) is 0 Å². The standard InChI is InChI=1S/C5H6N6O.C2H6/c12-5(10-3-6-1-8-10)11-4-7-2-9-11;1-2/h1,3-4,9H,2H2;1-2H3. The van der Waals surface area contributed by atoms with Gasteiger partial charge >= 0.3 is 6.03 Å². The van der Waals surface area contributed by atoms with E-state index in [0.29, 0.717) is 6.67 Å². The third-order valence-electron chi connectivity index (χ3n) is 1.35. The van der Waals surface area contributed by atoms with Crippen LogP contribution in [0.4, 0.5) is 4.79 Å². The molecule has 76 valence electrons. The zero-order valence-corrected chi connectivity index (χ0v) is 8.08. The monoisotopic (exact) mass is 196 g/mol. The molecule has 1 aromatic heterocycles. The van der Waals surface area contributed by atoms with Crippen LogP contribution in [0.2, 0.25) is 0 Å². The Balaban J connectivity index is 0.000000461. The smallest absolute Gasteiger partial charge is 0.257 e. The van der Waals surface area contributed by atoms with Crippen LogP contribution in [0.25, 0.3) is 0 Å². The second kappa shape index (κ2) is 5.07. The van der Waals surface area contributed by atoms with Gasteiger partial charge in [-0.3, -0.25) is 4.99 Å². The van der Waals surface area contributed by atoms with Crippen molar-refractivity contribution in [3.05, 3.63) is 12.7 Å². The van der Waals surface area contributed by atoms with Gasteiger partial charge in [-0.1, -0.05) is 13.8 Å². The molecule has 0 aliphatic carbocycles. The summed E-state index contributed by atoms with van der Waals surface area (Å²) in [7, 11) is 0. The van der Waals surface area contributed by atoms with Crippen molar-refractivity contribution in [2.24, 2.45) is 4.99 Å². The third-order valence-corrected chi connectivity index (χ3v) is 1.35. The number of rotatable bonds is 0. The van der Waals surface area contributed by atoms with Gasteiger partial charge in [0.05, 0.1) is 0 Å². The van der Waals surface area contributed by atoms with Crippen molar-refractivity contribution >= 4 is 12.4 Å². The van der Waals surface area contributed by atoms with Crippen molar-refractivity contribution in [3.8, 4) is 0 Å². The van der Waals surface area contributed by atoms with Crippen LogP contribution in [0.5, 0.6) is 0 Å². The first kappa shape index (κ1) is 10.3. The topological polar surface area (TPSA) is 75.4 Å². The van der Waals surface area contributed by atoms with Crippen molar-refractivity contribution in [1.29, 1.82) is 0 Å². The highest BCUT2D eigenvalue weighted by Gasteiger charge is 2.16. The lowest BCUT2D eigenvalue weighted by molar-refractivity contribution is 0.211. The molecular weight excluding hydrogens is 184 g/mol. The van der Waals surface area contributed by atoms with Crippen molar-refractivity contribution in [3.63, 3.8) is 0 Å². The maximum atomic E-state index is 11.3. The molecule has 0 saturated carbocycles. The molecule has 14 heavy (non-hydrogen) atoms. The molecule has 1 aromatic rings. The number of hydrazine groups is 1. The molecule has 2 rings (SSSR count). The van der Waals surface area contributed by atoms with E-state index in [1.165, 1.54) is 24.0 Å². The van der Waals surface area contributed by atoms with E-state index in [9.17, 15) is 4.79 Å². The number of hydrogen-bond donors (Lipinski definition) is 1. The minimum absolute atomic E-state index is 0.325. The number of hydrogen-bond acceptors (Lipinski definition) is 5. The van der Waals surface area contributed by atoms with Crippen LogP contribution < -0.4 is 5.43 Å². The van der Waals surface area contributed by atoms with Gasteiger partial charge in [0.15, 0.2) is 0 Å². The number of carbonyl (C=O) groups is 1. The largest absolute Gasteiger partial charge is 0.366 e. The lowest BCUT2D eigenvalue weighted by Gasteiger charge is -2.09. The lowest BCUT2D eigenvalue weighted by Crippen LogP contribution is -2.40. The van der Waals surface area contributed by atoms with E-state index in [1.807, 2.05) is 13.8 Å². The van der Waals surface area contributed by atoms with Crippen molar-refractivity contribution < 1.29 is 4.79 Å². The predicted octanol–water partition coefficient (Wildman–Crippen LogP) is 0.0784. The quantitative estimate of drug-likeness (QED) is 0.637. The molecule has 0 saturated heterocycles. The summed E-state index contributed by atoms with van der Waals surface area (Å²) in [4.78, 5) is 18.8. The number of nitrogens with zero attached hydrogens (tertiary/aromatic N) is 5. The van der Waals surface area contributed by atoms with Crippen LogP contribution >= 0.6 is 0 Å². The summed E-state index contributed by atoms with van der Waals surface area (Å²) in [5, 5.41) is 4.92. The average molecular weight is 196 g/mol. The van der Waals surface area contributed by atoms with Gasteiger partial charge in [-0.2, -0.15) is 9.78 Å². The van der Waals surface area contributed by atoms with Gasteiger partial charge in [0.25, 0.3) is 0 Å². The van der Waals surface area contributed by atoms with Gasteiger partial charge in [0.1, 0.15) is 25.7 Å². The van der Waals surface area contributed by atoms with E-state index >= 15 is 0 Å². The molecule has 0 fully saturated rings. The molecule has 0 unspecified atom stereocenters. The molecule has 0 bridgehead atoms. The fourth-order valence-corrected chi connectivity index (χ4v) is 0.815. The van der Waals surface area contributed by atoms with Crippen LogP contribution in [0.1, 0.15) is 13.8 Å². The second-order valence-electron chi connectivity index (χ2n) is 2.11. The van der Waals surface area contributed by atoms with Gasteiger partial charge in [0.2, 0.25) is 0 Å². The highest BCUT2D eigenvalue weighted by Crippen LogP contribution is 1.91. The maximum Gasteiger partial charge on any atom is 0.366 e. The van der Waals surface area contributed by atoms with E-state index in [4.69, 9.17) is 0 Å². The van der Waals surface area contributed by atoms with Crippen molar-refractivity contribution in [2.45, 2.75) is 13.8 Å². The molecule has 0 radical (unpaired) electrons. The molecule has 1 aliphatic heterocycles. The molecule has 7 nitrogen and oxygen atoms in total. The zero-order valence-electron chi connectivity index (χ0n) is 8.08. The summed E-state index contributed by atoms with van der Waals surface area (Å²) >= 11 is 0. The molecule has 0 atom stereocenters. The Hall–Kier alpha value is -1.76. The van der Waals surface area contributed by atoms with Crippen molar-refractivity contribution in [1.82, 2.24) is 25.2 Å². The predicted molar refractivity (Wildman–Crippen MR) is 50.5 cm³/mol. The Morgan fingerprint density at radius 1 is 1.50 bits per heavy atom. The molecule has 0 aromatic carbocycles. The molecule has 0 spiro atoms. The molecule has 2 heterocycles. The van der Waals surface area contributed by atoms with E-state index in [-0.39, 0.29) is 6.03 Å². The van der Waals surface area contributed by atoms with E-state index < -0.39 is 0 Å². The molecular formula is C7H12N6O. The van der Waals surface area contributed by atoms with Crippen LogP contribution in [-0.4, -0.2) is 38.8 Å². The number of nitrogens with one attached hydrogen (secondary N) is 1. The zero-order chi connectivity index (χ0) is 10.4. The van der Waals surface area contributed by atoms with Gasteiger partial charge in [-0.15, -0.1) is 0 Å². The normalized spacial score (nSPS) is 13.7. The van der Waals surface area contributed by atoms with Crippen LogP contribution in [0, 0.1) is 0 Å². The Morgan fingerprint density at radius 2 is 2.29 bits per heavy atom. The van der Waals surface area contributed by atoms with Crippen LogP contribution in [0.15, 0.2) is 17.6 Å². The molecule has 1 N–H and O–H groups in total. The Bertz CT molecular complexity index is 306. The second-order valence-corrected chi connectivity index (χ2v) is 2.11. The van der Waals surface area contributed by atoms with Gasteiger partial charge in [0, 0.05) is 0 Å². The minimum atomic E-state index is -0.325. The third kappa shape index (κ3) is 2.13. The van der Waals surface area contributed by atoms with Crippen molar-refractivity contribution in [2.75, 3.05) is 6.67 Å². The molecule has 1 aliphatic rings. The number of aromatic nitrogens is 3. The number of amides is 1. The molecule has 7 heteroatoms.